The second kappa shape index (κ2) is 7.01. The van der Waals surface area contributed by atoms with Crippen molar-refractivity contribution >= 4 is 5.97 Å². The number of aromatic nitrogens is 1. The molecule has 5 nitrogen and oxygen atoms in total. The normalized spacial score (nSPS) is 22.1. The molecule has 20 heavy (non-hydrogen) atoms. The Kier molecular flexibility index (Phi) is 5.08. The summed E-state index contributed by atoms with van der Waals surface area (Å²) in [4.78, 5) is 15.1. The quantitative estimate of drug-likeness (QED) is 0.856. The third kappa shape index (κ3) is 3.78. The van der Waals surface area contributed by atoms with Gasteiger partial charge in [0.2, 0.25) is 0 Å². The van der Waals surface area contributed by atoms with Crippen molar-refractivity contribution in [1.82, 2.24) is 10.3 Å². The second-order valence-electron chi connectivity index (χ2n) is 5.28. The lowest BCUT2D eigenvalue weighted by molar-refractivity contribution is -0.144. The first-order valence-corrected chi connectivity index (χ1v) is 6.99. The van der Waals surface area contributed by atoms with Crippen LogP contribution in [-0.2, 0) is 11.3 Å². The Labute approximate surface area is 118 Å². The SMILES string of the molecule is N#Cc1cc(CNCC2CCCCC2C(=O)O)ccn1. The van der Waals surface area contributed by atoms with E-state index >= 15 is 0 Å². The highest BCUT2D eigenvalue weighted by Gasteiger charge is 2.30. The topological polar surface area (TPSA) is 86.0 Å². The lowest BCUT2D eigenvalue weighted by Crippen LogP contribution is -2.34. The van der Waals surface area contributed by atoms with Gasteiger partial charge in [-0.25, -0.2) is 4.98 Å². The zero-order valence-corrected chi connectivity index (χ0v) is 11.4. The molecule has 1 aromatic heterocycles. The van der Waals surface area contributed by atoms with Crippen molar-refractivity contribution < 1.29 is 9.90 Å². The standard InChI is InChI=1S/C15H19N3O2/c16-8-13-7-11(5-6-18-13)9-17-10-12-3-1-2-4-14(12)15(19)20/h5-7,12,14,17H,1-4,9-10H2,(H,19,20). The predicted octanol–water partition coefficient (Wildman–Crippen LogP) is 1.93. The molecule has 1 aliphatic rings. The molecule has 1 aliphatic carbocycles. The summed E-state index contributed by atoms with van der Waals surface area (Å²) in [5.41, 5.74) is 1.41. The van der Waals surface area contributed by atoms with Gasteiger partial charge in [-0.1, -0.05) is 12.8 Å². The molecule has 1 saturated carbocycles. The number of nitrogens with one attached hydrogen (secondary N) is 1. The third-order valence-corrected chi connectivity index (χ3v) is 3.90. The smallest absolute Gasteiger partial charge is 0.306 e. The molecule has 1 heterocycles. The fourth-order valence-electron chi connectivity index (χ4n) is 2.82. The van der Waals surface area contributed by atoms with E-state index in [-0.39, 0.29) is 11.8 Å². The lowest BCUT2D eigenvalue weighted by atomic mass is 9.79. The van der Waals surface area contributed by atoms with Crippen molar-refractivity contribution in [3.8, 4) is 6.07 Å². The number of nitrogens with zero attached hydrogens (tertiary/aromatic N) is 2. The fraction of sp³-hybridized carbons (Fsp3) is 0.533. The molecule has 0 bridgehead atoms. The molecule has 0 amide bonds. The van der Waals surface area contributed by atoms with Crippen LogP contribution in [0.5, 0.6) is 0 Å². The van der Waals surface area contributed by atoms with E-state index in [4.69, 9.17) is 5.26 Å². The summed E-state index contributed by atoms with van der Waals surface area (Å²) in [5.74, 6) is -0.686. The number of pyridine rings is 1. The number of rotatable bonds is 5. The van der Waals surface area contributed by atoms with Crippen molar-refractivity contribution in [2.75, 3.05) is 6.54 Å². The Morgan fingerprint density at radius 2 is 2.30 bits per heavy atom. The number of hydrogen-bond acceptors (Lipinski definition) is 4. The molecule has 0 aliphatic heterocycles. The largest absolute Gasteiger partial charge is 0.481 e. The fourth-order valence-corrected chi connectivity index (χ4v) is 2.82. The summed E-state index contributed by atoms with van der Waals surface area (Å²) in [6.45, 7) is 1.35. The maximum atomic E-state index is 11.2. The van der Waals surface area contributed by atoms with Crippen LogP contribution in [0.1, 0.15) is 36.9 Å². The Morgan fingerprint density at radius 3 is 3.05 bits per heavy atom. The van der Waals surface area contributed by atoms with Gasteiger partial charge in [-0.05, 0) is 43.0 Å². The molecule has 0 radical (unpaired) electrons. The van der Waals surface area contributed by atoms with E-state index in [1.54, 1.807) is 12.3 Å². The van der Waals surface area contributed by atoms with Crippen LogP contribution in [0.2, 0.25) is 0 Å². The Hall–Kier alpha value is -1.93. The van der Waals surface area contributed by atoms with Crippen LogP contribution >= 0.6 is 0 Å². The van der Waals surface area contributed by atoms with Crippen molar-refractivity contribution in [3.05, 3.63) is 29.6 Å². The highest BCUT2D eigenvalue weighted by Crippen LogP contribution is 2.29. The van der Waals surface area contributed by atoms with Gasteiger partial charge in [-0.15, -0.1) is 0 Å². The van der Waals surface area contributed by atoms with Gasteiger partial charge in [0, 0.05) is 12.7 Å². The monoisotopic (exact) mass is 273 g/mol. The van der Waals surface area contributed by atoms with Gasteiger partial charge >= 0.3 is 5.97 Å². The molecule has 1 aromatic rings. The number of carbonyl (C=O) groups is 1. The highest BCUT2D eigenvalue weighted by molar-refractivity contribution is 5.70. The minimum atomic E-state index is -0.674. The summed E-state index contributed by atoms with van der Waals surface area (Å²) in [6.07, 6.45) is 5.52. The van der Waals surface area contributed by atoms with Crippen LogP contribution in [0.4, 0.5) is 0 Å². The number of nitriles is 1. The molecule has 0 saturated heterocycles. The lowest BCUT2D eigenvalue weighted by Gasteiger charge is -2.28. The molecule has 5 heteroatoms. The summed E-state index contributed by atoms with van der Waals surface area (Å²) >= 11 is 0. The number of aliphatic carboxylic acids is 1. The molecule has 2 N–H and O–H groups in total. The molecule has 106 valence electrons. The first-order valence-electron chi connectivity index (χ1n) is 6.99. The van der Waals surface area contributed by atoms with E-state index in [1.807, 2.05) is 12.1 Å². The Morgan fingerprint density at radius 1 is 1.50 bits per heavy atom. The van der Waals surface area contributed by atoms with E-state index in [2.05, 4.69) is 10.3 Å². The van der Waals surface area contributed by atoms with E-state index in [1.165, 1.54) is 0 Å². The van der Waals surface area contributed by atoms with Crippen molar-refractivity contribution in [1.29, 1.82) is 5.26 Å². The van der Waals surface area contributed by atoms with Crippen LogP contribution in [0.3, 0.4) is 0 Å². The van der Waals surface area contributed by atoms with Crippen LogP contribution in [-0.4, -0.2) is 22.6 Å². The van der Waals surface area contributed by atoms with Crippen molar-refractivity contribution in [2.24, 2.45) is 11.8 Å². The maximum absolute atomic E-state index is 11.2. The third-order valence-electron chi connectivity index (χ3n) is 3.90. The van der Waals surface area contributed by atoms with Gasteiger partial charge < -0.3 is 10.4 Å². The molecule has 0 spiro atoms. The van der Waals surface area contributed by atoms with Crippen molar-refractivity contribution in [2.45, 2.75) is 32.2 Å². The van der Waals surface area contributed by atoms with E-state index in [9.17, 15) is 9.90 Å². The summed E-state index contributed by atoms with van der Waals surface area (Å²) in [5, 5.41) is 21.3. The van der Waals surface area contributed by atoms with Gasteiger partial charge in [0.05, 0.1) is 5.92 Å². The Bertz CT molecular complexity index is 510. The van der Waals surface area contributed by atoms with Crippen LogP contribution < -0.4 is 5.32 Å². The average Bonchev–Trinajstić information content (AvgIpc) is 2.48. The Balaban J connectivity index is 1.85. The predicted molar refractivity (Wildman–Crippen MR) is 73.7 cm³/mol. The van der Waals surface area contributed by atoms with Crippen LogP contribution in [0.15, 0.2) is 18.3 Å². The first-order chi connectivity index (χ1) is 9.70. The minimum Gasteiger partial charge on any atom is -0.481 e. The molecular weight excluding hydrogens is 254 g/mol. The zero-order valence-electron chi connectivity index (χ0n) is 11.4. The van der Waals surface area contributed by atoms with Crippen LogP contribution in [0.25, 0.3) is 0 Å². The summed E-state index contributed by atoms with van der Waals surface area (Å²) in [6, 6.07) is 5.63. The van der Waals surface area contributed by atoms with E-state index in [0.29, 0.717) is 18.8 Å². The average molecular weight is 273 g/mol. The molecule has 2 unspecified atom stereocenters. The second-order valence-corrected chi connectivity index (χ2v) is 5.28. The maximum Gasteiger partial charge on any atom is 0.306 e. The van der Waals surface area contributed by atoms with Gasteiger partial charge in [0.15, 0.2) is 0 Å². The zero-order chi connectivity index (χ0) is 14.4. The number of hydrogen-bond donors (Lipinski definition) is 2. The van der Waals surface area contributed by atoms with Gasteiger partial charge in [-0.2, -0.15) is 5.26 Å². The molecular formula is C15H19N3O2. The number of carboxylic acids is 1. The van der Waals surface area contributed by atoms with Crippen molar-refractivity contribution in [3.63, 3.8) is 0 Å². The number of carboxylic acid groups (broad SMARTS) is 1. The summed E-state index contributed by atoms with van der Waals surface area (Å²) < 4.78 is 0. The van der Waals surface area contributed by atoms with Gasteiger partial charge in [0.1, 0.15) is 11.8 Å². The van der Waals surface area contributed by atoms with E-state index < -0.39 is 5.97 Å². The summed E-state index contributed by atoms with van der Waals surface area (Å²) in [7, 11) is 0. The van der Waals surface area contributed by atoms with Crippen LogP contribution in [0, 0.1) is 23.2 Å². The highest BCUT2D eigenvalue weighted by atomic mass is 16.4. The molecule has 1 fully saturated rings. The molecule has 2 rings (SSSR count). The minimum absolute atomic E-state index is 0.207. The first kappa shape index (κ1) is 14.5. The van der Waals surface area contributed by atoms with Gasteiger partial charge in [0.25, 0.3) is 0 Å². The molecule has 0 aromatic carbocycles. The van der Waals surface area contributed by atoms with Gasteiger partial charge in [-0.3, -0.25) is 4.79 Å². The molecule has 2 atom stereocenters. The van der Waals surface area contributed by atoms with E-state index in [0.717, 1.165) is 31.2 Å².